The van der Waals surface area contributed by atoms with Crippen LogP contribution in [0, 0.1) is 5.92 Å². The summed E-state index contributed by atoms with van der Waals surface area (Å²) >= 11 is 0. The van der Waals surface area contributed by atoms with Gasteiger partial charge < -0.3 is 19.3 Å². The van der Waals surface area contributed by atoms with E-state index in [9.17, 15) is 9.90 Å². The molecule has 0 amide bonds. The van der Waals surface area contributed by atoms with Gasteiger partial charge >= 0.3 is 5.97 Å². The Labute approximate surface area is 143 Å². The minimum atomic E-state index is -0.696. The van der Waals surface area contributed by atoms with Gasteiger partial charge in [0, 0.05) is 11.5 Å². The molecule has 1 aliphatic rings. The first-order valence-electron chi connectivity index (χ1n) is 8.73. The first-order valence-corrected chi connectivity index (χ1v) is 8.73. The summed E-state index contributed by atoms with van der Waals surface area (Å²) in [6.45, 7) is 6.85. The van der Waals surface area contributed by atoms with E-state index in [1.165, 1.54) is 12.8 Å². The number of aliphatic hydroxyl groups excluding tert-OH is 1. The normalized spacial score (nSPS) is 23.5. The second-order valence-corrected chi connectivity index (χ2v) is 6.48. The summed E-state index contributed by atoms with van der Waals surface area (Å²) in [5.74, 6) is 0.0254. The molecule has 2 unspecified atom stereocenters. The lowest BCUT2D eigenvalue weighted by Gasteiger charge is -2.29. The molecule has 0 saturated carbocycles. The van der Waals surface area contributed by atoms with Crippen LogP contribution in [0.15, 0.2) is 24.3 Å². The highest BCUT2D eigenvalue weighted by Gasteiger charge is 2.23. The molecular formula is C19H28O5. The molecule has 1 aliphatic heterocycles. The van der Waals surface area contributed by atoms with Crippen LogP contribution in [0.4, 0.5) is 0 Å². The maximum atomic E-state index is 12.0. The first-order chi connectivity index (χ1) is 11.5. The molecule has 1 heterocycles. The van der Waals surface area contributed by atoms with Crippen molar-refractivity contribution in [3.8, 4) is 0 Å². The average molecular weight is 336 g/mol. The van der Waals surface area contributed by atoms with Gasteiger partial charge in [-0.15, -0.1) is 0 Å². The predicted octanol–water partition coefficient (Wildman–Crippen LogP) is 3.46. The number of carbonyl (C=O) groups excluding carboxylic acids is 1. The minimum Gasteiger partial charge on any atom is -0.456 e. The van der Waals surface area contributed by atoms with E-state index >= 15 is 0 Å². The average Bonchev–Trinajstić information content (AvgIpc) is 2.60. The fourth-order valence-corrected chi connectivity index (χ4v) is 2.51. The largest absolute Gasteiger partial charge is 0.456 e. The molecule has 2 rings (SSSR count). The fourth-order valence-electron chi connectivity index (χ4n) is 2.51. The zero-order valence-electron chi connectivity index (χ0n) is 14.7. The van der Waals surface area contributed by atoms with E-state index in [0.29, 0.717) is 24.7 Å². The Morgan fingerprint density at radius 3 is 2.42 bits per heavy atom. The third-order valence-electron chi connectivity index (χ3n) is 4.32. The van der Waals surface area contributed by atoms with Crippen LogP contribution in [-0.4, -0.2) is 36.5 Å². The summed E-state index contributed by atoms with van der Waals surface area (Å²) < 4.78 is 16.8. The molecule has 1 N–H and O–H groups in total. The van der Waals surface area contributed by atoms with Crippen LogP contribution in [-0.2, 0) is 14.2 Å². The van der Waals surface area contributed by atoms with Crippen molar-refractivity contribution >= 4 is 5.97 Å². The number of hydrogen-bond donors (Lipinski definition) is 1. The monoisotopic (exact) mass is 336 g/mol. The van der Waals surface area contributed by atoms with E-state index in [1.807, 2.05) is 12.1 Å². The van der Waals surface area contributed by atoms with Gasteiger partial charge in [0.05, 0.1) is 24.9 Å². The molecule has 2 atom stereocenters. The second-order valence-electron chi connectivity index (χ2n) is 6.48. The molecule has 134 valence electrons. The van der Waals surface area contributed by atoms with E-state index < -0.39 is 18.2 Å². The fraction of sp³-hybridized carbons (Fsp3) is 0.632. The number of unbranched alkanes of at least 4 members (excludes halogenated alkanes) is 1. The maximum absolute atomic E-state index is 12.0. The van der Waals surface area contributed by atoms with Crippen LogP contribution in [0.2, 0.25) is 0 Å². The molecule has 0 radical (unpaired) electrons. The number of carbonyl (C=O) groups is 1. The molecule has 1 aromatic rings. The first kappa shape index (κ1) is 18.9. The lowest BCUT2D eigenvalue weighted by Crippen LogP contribution is -2.27. The van der Waals surface area contributed by atoms with Gasteiger partial charge in [0.2, 0.25) is 0 Å². The SMILES string of the molecule is CCCCC1COC(c2ccc(C(=O)OC(C)C(C)O)cc2)OC1. The number of ether oxygens (including phenoxy) is 3. The zero-order valence-corrected chi connectivity index (χ0v) is 14.7. The van der Waals surface area contributed by atoms with Crippen LogP contribution in [0.25, 0.3) is 0 Å². The number of rotatable bonds is 7. The molecular weight excluding hydrogens is 308 g/mol. The van der Waals surface area contributed by atoms with Crippen molar-refractivity contribution in [3.05, 3.63) is 35.4 Å². The quantitative estimate of drug-likeness (QED) is 0.773. The third kappa shape index (κ3) is 5.30. The third-order valence-corrected chi connectivity index (χ3v) is 4.32. The summed E-state index contributed by atoms with van der Waals surface area (Å²) in [6, 6.07) is 7.03. The number of benzene rings is 1. The summed E-state index contributed by atoms with van der Waals surface area (Å²) in [5.41, 5.74) is 1.34. The molecule has 5 heteroatoms. The van der Waals surface area contributed by atoms with E-state index in [-0.39, 0.29) is 6.29 Å². The molecule has 1 aromatic carbocycles. The molecule has 0 aliphatic carbocycles. The van der Waals surface area contributed by atoms with Crippen LogP contribution in [0.3, 0.4) is 0 Å². The Morgan fingerprint density at radius 2 is 1.88 bits per heavy atom. The second kappa shape index (κ2) is 9.16. The lowest BCUT2D eigenvalue weighted by molar-refractivity contribution is -0.206. The minimum absolute atomic E-state index is 0.371. The number of aliphatic hydroxyl groups is 1. The Balaban J connectivity index is 1.87. The van der Waals surface area contributed by atoms with Crippen molar-refractivity contribution in [3.63, 3.8) is 0 Å². The van der Waals surface area contributed by atoms with Gasteiger partial charge in [-0.2, -0.15) is 0 Å². The standard InChI is InChI=1S/C19H28O5/c1-4-5-6-15-11-22-19(23-12-15)17-9-7-16(8-10-17)18(21)24-14(3)13(2)20/h7-10,13-15,19-20H,4-6,11-12H2,1-3H3. The molecule has 24 heavy (non-hydrogen) atoms. The van der Waals surface area contributed by atoms with Crippen molar-refractivity contribution < 1.29 is 24.1 Å². The van der Waals surface area contributed by atoms with Crippen molar-refractivity contribution in [1.82, 2.24) is 0 Å². The summed E-state index contributed by atoms with van der Waals surface area (Å²) in [5, 5.41) is 9.40. The highest BCUT2D eigenvalue weighted by molar-refractivity contribution is 5.89. The van der Waals surface area contributed by atoms with E-state index in [1.54, 1.807) is 26.0 Å². The molecule has 1 fully saturated rings. The number of esters is 1. The number of hydrogen-bond acceptors (Lipinski definition) is 5. The summed E-state index contributed by atoms with van der Waals surface area (Å²) in [7, 11) is 0. The molecule has 0 bridgehead atoms. The van der Waals surface area contributed by atoms with Crippen molar-refractivity contribution in [2.75, 3.05) is 13.2 Å². The van der Waals surface area contributed by atoms with Gasteiger partial charge in [0.1, 0.15) is 6.10 Å². The summed E-state index contributed by atoms with van der Waals surface area (Å²) in [4.78, 5) is 12.0. The predicted molar refractivity (Wildman–Crippen MR) is 90.7 cm³/mol. The Morgan fingerprint density at radius 1 is 1.25 bits per heavy atom. The Bertz CT molecular complexity index is 503. The van der Waals surface area contributed by atoms with Gasteiger partial charge in [0.25, 0.3) is 0 Å². The Hall–Kier alpha value is -1.43. The molecule has 5 nitrogen and oxygen atoms in total. The van der Waals surface area contributed by atoms with Crippen molar-refractivity contribution in [2.45, 2.75) is 58.5 Å². The Kier molecular flexibility index (Phi) is 7.21. The summed E-state index contributed by atoms with van der Waals surface area (Å²) in [6.07, 6.45) is 1.91. The smallest absolute Gasteiger partial charge is 0.338 e. The lowest BCUT2D eigenvalue weighted by atomic mass is 10.0. The van der Waals surface area contributed by atoms with Gasteiger partial charge in [0.15, 0.2) is 6.29 Å². The molecule has 1 saturated heterocycles. The molecule has 0 spiro atoms. The van der Waals surface area contributed by atoms with Crippen LogP contribution in [0.5, 0.6) is 0 Å². The topological polar surface area (TPSA) is 65.0 Å². The maximum Gasteiger partial charge on any atom is 0.338 e. The molecule has 0 aromatic heterocycles. The van der Waals surface area contributed by atoms with E-state index in [0.717, 1.165) is 12.0 Å². The van der Waals surface area contributed by atoms with Crippen molar-refractivity contribution in [1.29, 1.82) is 0 Å². The van der Waals surface area contributed by atoms with Gasteiger partial charge in [-0.3, -0.25) is 0 Å². The van der Waals surface area contributed by atoms with Gasteiger partial charge in [-0.25, -0.2) is 4.79 Å². The van der Waals surface area contributed by atoms with Gasteiger partial charge in [-0.1, -0.05) is 31.9 Å². The van der Waals surface area contributed by atoms with E-state index in [4.69, 9.17) is 14.2 Å². The highest BCUT2D eigenvalue weighted by Crippen LogP contribution is 2.27. The zero-order chi connectivity index (χ0) is 17.5. The van der Waals surface area contributed by atoms with Crippen LogP contribution >= 0.6 is 0 Å². The van der Waals surface area contributed by atoms with Crippen molar-refractivity contribution in [2.24, 2.45) is 5.92 Å². The van der Waals surface area contributed by atoms with E-state index in [2.05, 4.69) is 6.92 Å². The van der Waals surface area contributed by atoms with Crippen LogP contribution in [0.1, 0.15) is 62.2 Å². The highest BCUT2D eigenvalue weighted by atomic mass is 16.7. The van der Waals surface area contributed by atoms with Crippen LogP contribution < -0.4 is 0 Å². The van der Waals surface area contributed by atoms with Gasteiger partial charge in [-0.05, 0) is 32.4 Å².